The number of hydrogen-bond donors (Lipinski definition) is 0. The number of halogens is 1. The van der Waals surface area contributed by atoms with Crippen molar-refractivity contribution in [1.82, 2.24) is 0 Å². The second-order valence-electron chi connectivity index (χ2n) is 7.36. The van der Waals surface area contributed by atoms with Gasteiger partial charge in [0.1, 0.15) is 5.92 Å². The van der Waals surface area contributed by atoms with E-state index in [0.29, 0.717) is 16.3 Å². The predicted molar refractivity (Wildman–Crippen MR) is 115 cm³/mol. The van der Waals surface area contributed by atoms with Gasteiger partial charge in [0.2, 0.25) is 5.91 Å². The molecule has 0 aromatic heterocycles. The molecule has 5 rings (SSSR count). The van der Waals surface area contributed by atoms with E-state index in [1.807, 2.05) is 30.3 Å². The van der Waals surface area contributed by atoms with Crippen molar-refractivity contribution in [3.05, 3.63) is 95.0 Å². The minimum absolute atomic E-state index is 0.319. The van der Waals surface area contributed by atoms with Crippen LogP contribution in [0.4, 0.5) is 11.4 Å². The molecule has 7 heteroatoms. The molecule has 3 aromatic rings. The van der Waals surface area contributed by atoms with Gasteiger partial charge in [-0.2, -0.15) is 5.26 Å². The number of imide groups is 1. The van der Waals surface area contributed by atoms with Crippen LogP contribution in [-0.4, -0.2) is 17.9 Å². The molecule has 0 radical (unpaired) electrons. The minimum Gasteiger partial charge on any atom is -0.273 e. The van der Waals surface area contributed by atoms with E-state index in [2.05, 4.69) is 6.07 Å². The third kappa shape index (κ3) is 3.07. The minimum atomic E-state index is -0.968. The number of benzene rings is 3. The maximum absolute atomic E-state index is 13.5. The number of anilines is 2. The van der Waals surface area contributed by atoms with Crippen molar-refractivity contribution in [2.45, 2.75) is 12.1 Å². The first-order valence-electron chi connectivity index (χ1n) is 9.73. The lowest BCUT2D eigenvalue weighted by atomic mass is 9.90. The Morgan fingerprint density at radius 1 is 0.871 bits per heavy atom. The van der Waals surface area contributed by atoms with Gasteiger partial charge in [-0.1, -0.05) is 54.1 Å². The summed E-state index contributed by atoms with van der Waals surface area (Å²) < 4.78 is 0. The molecule has 2 aliphatic heterocycles. The Kier molecular flexibility index (Phi) is 4.70. The van der Waals surface area contributed by atoms with E-state index < -0.39 is 24.0 Å². The normalized spacial score (nSPS) is 22.5. The highest BCUT2D eigenvalue weighted by Crippen LogP contribution is 2.48. The van der Waals surface area contributed by atoms with E-state index in [1.165, 1.54) is 0 Å². The zero-order valence-corrected chi connectivity index (χ0v) is 16.9. The summed E-state index contributed by atoms with van der Waals surface area (Å²) in [7, 11) is 0. The van der Waals surface area contributed by atoms with Gasteiger partial charge in [-0.25, -0.2) is 9.96 Å². The number of carbonyl (C=O) groups is 2. The summed E-state index contributed by atoms with van der Waals surface area (Å²) in [6.07, 6.45) is -0.968. The number of hydrogen-bond acceptors (Lipinski definition) is 5. The molecular weight excluding hydrogens is 414 g/mol. The molecule has 0 N–H and O–H groups in total. The van der Waals surface area contributed by atoms with Crippen molar-refractivity contribution in [3.63, 3.8) is 0 Å². The molecule has 2 fully saturated rings. The predicted octanol–water partition coefficient (Wildman–Crippen LogP) is 4.26. The van der Waals surface area contributed by atoms with Crippen molar-refractivity contribution in [2.75, 3.05) is 9.96 Å². The first-order valence-corrected chi connectivity index (χ1v) is 10.1. The van der Waals surface area contributed by atoms with Crippen LogP contribution in [-0.2, 0) is 14.4 Å². The summed E-state index contributed by atoms with van der Waals surface area (Å²) in [5.74, 6) is -1.56. The van der Waals surface area contributed by atoms with Crippen LogP contribution in [0.25, 0.3) is 0 Å². The number of fused-ring (bicyclic) bond motifs is 1. The summed E-state index contributed by atoms with van der Waals surface area (Å²) in [5, 5.41) is 11.1. The van der Waals surface area contributed by atoms with E-state index in [-0.39, 0.29) is 5.91 Å². The number of rotatable bonds is 3. The summed E-state index contributed by atoms with van der Waals surface area (Å²) in [4.78, 5) is 34.0. The van der Waals surface area contributed by atoms with E-state index >= 15 is 0 Å². The molecule has 6 nitrogen and oxygen atoms in total. The number of hydroxylamine groups is 1. The van der Waals surface area contributed by atoms with Gasteiger partial charge in [0.15, 0.2) is 6.10 Å². The fourth-order valence-corrected chi connectivity index (χ4v) is 4.40. The highest BCUT2D eigenvalue weighted by Gasteiger charge is 2.60. The Bertz CT molecular complexity index is 1210. The Balaban J connectivity index is 1.60. The molecule has 2 aliphatic rings. The van der Waals surface area contributed by atoms with Crippen LogP contribution < -0.4 is 9.96 Å². The van der Waals surface area contributed by atoms with Crippen LogP contribution in [0.1, 0.15) is 17.2 Å². The van der Waals surface area contributed by atoms with Crippen molar-refractivity contribution in [2.24, 2.45) is 5.92 Å². The van der Waals surface area contributed by atoms with Gasteiger partial charge < -0.3 is 0 Å². The van der Waals surface area contributed by atoms with Crippen molar-refractivity contribution < 1.29 is 14.4 Å². The van der Waals surface area contributed by atoms with Crippen LogP contribution in [0.15, 0.2) is 78.9 Å². The van der Waals surface area contributed by atoms with E-state index in [1.54, 1.807) is 53.6 Å². The van der Waals surface area contributed by atoms with Crippen molar-refractivity contribution in [1.29, 1.82) is 5.26 Å². The fourth-order valence-electron chi connectivity index (χ4n) is 4.18. The Labute approximate surface area is 183 Å². The lowest BCUT2D eigenvalue weighted by Gasteiger charge is -2.29. The number of nitrogens with zero attached hydrogens (tertiary/aromatic N) is 3. The van der Waals surface area contributed by atoms with Crippen LogP contribution in [0.5, 0.6) is 0 Å². The number of carbonyl (C=O) groups excluding carboxylic acids is 2. The van der Waals surface area contributed by atoms with Crippen LogP contribution in [0.2, 0.25) is 5.02 Å². The van der Waals surface area contributed by atoms with Crippen LogP contribution in [0.3, 0.4) is 0 Å². The van der Waals surface area contributed by atoms with Gasteiger partial charge in [-0.05, 0) is 42.0 Å². The summed E-state index contributed by atoms with van der Waals surface area (Å²) in [5.41, 5.74) is 2.37. The van der Waals surface area contributed by atoms with Gasteiger partial charge in [0.25, 0.3) is 5.91 Å². The Hall–Kier alpha value is -3.66. The Morgan fingerprint density at radius 3 is 2.23 bits per heavy atom. The van der Waals surface area contributed by atoms with E-state index in [4.69, 9.17) is 21.7 Å². The van der Waals surface area contributed by atoms with Gasteiger partial charge in [-0.3, -0.25) is 14.4 Å². The van der Waals surface area contributed by atoms with Crippen LogP contribution >= 0.6 is 11.6 Å². The van der Waals surface area contributed by atoms with Crippen molar-refractivity contribution >= 4 is 34.8 Å². The number of nitriles is 1. The maximum Gasteiger partial charge on any atom is 0.266 e. The SMILES string of the molecule is N#Cc1ccc([C@H]2[C@H]3C(=O)N(c4ccccc4Cl)C(=O)[C@@H]3ON2c2ccccc2)cc1. The molecule has 2 heterocycles. The first-order chi connectivity index (χ1) is 15.1. The topological polar surface area (TPSA) is 73.6 Å². The lowest BCUT2D eigenvalue weighted by molar-refractivity contribution is -0.126. The number of amides is 2. The molecule has 3 atom stereocenters. The molecule has 0 unspecified atom stereocenters. The molecule has 0 bridgehead atoms. The second-order valence-corrected chi connectivity index (χ2v) is 7.76. The molecule has 152 valence electrons. The summed E-state index contributed by atoms with van der Waals surface area (Å²) in [6.45, 7) is 0. The summed E-state index contributed by atoms with van der Waals surface area (Å²) in [6, 6.07) is 24.6. The molecule has 2 saturated heterocycles. The standard InChI is InChI=1S/C24H16ClN3O3/c25-18-8-4-5-9-19(18)27-23(29)20-21(16-12-10-15(14-26)11-13-16)28(31-22(20)24(27)30)17-6-2-1-3-7-17/h1-13,20-22H/t20-,21+,22-/m1/s1. The molecule has 0 aliphatic carbocycles. The van der Waals surface area contributed by atoms with Gasteiger partial charge >= 0.3 is 0 Å². The number of para-hydroxylation sites is 2. The molecule has 0 spiro atoms. The summed E-state index contributed by atoms with van der Waals surface area (Å²) >= 11 is 6.27. The van der Waals surface area contributed by atoms with Gasteiger partial charge in [0.05, 0.1) is 34.1 Å². The van der Waals surface area contributed by atoms with Crippen molar-refractivity contribution in [3.8, 4) is 6.07 Å². The van der Waals surface area contributed by atoms with E-state index in [0.717, 1.165) is 16.2 Å². The molecule has 31 heavy (non-hydrogen) atoms. The largest absolute Gasteiger partial charge is 0.273 e. The molecule has 0 saturated carbocycles. The second kappa shape index (κ2) is 7.55. The maximum atomic E-state index is 13.5. The zero-order valence-electron chi connectivity index (χ0n) is 16.2. The monoisotopic (exact) mass is 429 g/mol. The fraction of sp³-hybridized carbons (Fsp3) is 0.125. The molecule has 2 amide bonds. The van der Waals surface area contributed by atoms with Gasteiger partial charge in [-0.15, -0.1) is 0 Å². The first kappa shape index (κ1) is 19.3. The average molecular weight is 430 g/mol. The smallest absolute Gasteiger partial charge is 0.266 e. The quantitative estimate of drug-likeness (QED) is 0.581. The molecule has 3 aromatic carbocycles. The Morgan fingerprint density at radius 2 is 1.55 bits per heavy atom. The highest BCUT2D eigenvalue weighted by atomic mass is 35.5. The third-order valence-corrected chi connectivity index (χ3v) is 5.92. The lowest BCUT2D eigenvalue weighted by Crippen LogP contribution is -2.37. The van der Waals surface area contributed by atoms with Crippen LogP contribution in [0, 0.1) is 17.2 Å². The highest BCUT2D eigenvalue weighted by molar-refractivity contribution is 6.36. The third-order valence-electron chi connectivity index (χ3n) is 5.60. The molecular formula is C24H16ClN3O3. The van der Waals surface area contributed by atoms with E-state index in [9.17, 15) is 9.59 Å². The van der Waals surface area contributed by atoms with Gasteiger partial charge in [0, 0.05) is 0 Å². The average Bonchev–Trinajstić information content (AvgIpc) is 3.31. The zero-order chi connectivity index (χ0) is 21.5.